The fourth-order valence-corrected chi connectivity index (χ4v) is 9.00. The summed E-state index contributed by atoms with van der Waals surface area (Å²) >= 11 is 0. The molecule has 0 spiro atoms. The number of halogens is 2. The molecule has 4 aliphatic heterocycles. The van der Waals surface area contributed by atoms with Crippen molar-refractivity contribution >= 4 is 22.1 Å². The van der Waals surface area contributed by atoms with Gasteiger partial charge in [-0.3, -0.25) is 14.7 Å². The molecule has 1 aliphatic carbocycles. The van der Waals surface area contributed by atoms with Crippen LogP contribution in [0.15, 0.2) is 4.99 Å². The first-order valence-electron chi connectivity index (χ1n) is 14.1. The highest BCUT2D eigenvalue weighted by molar-refractivity contribution is 7.89. The largest absolute Gasteiger partial charge is 0.350 e. The van der Waals surface area contributed by atoms with E-state index in [0.29, 0.717) is 58.4 Å². The van der Waals surface area contributed by atoms with Gasteiger partial charge < -0.3 is 22.1 Å². The van der Waals surface area contributed by atoms with Crippen LogP contribution in [-0.4, -0.2) is 111 Å². The molecule has 5 rings (SSSR count). The van der Waals surface area contributed by atoms with Crippen LogP contribution in [0.5, 0.6) is 0 Å². The highest BCUT2D eigenvalue weighted by atomic mass is 32.2. The van der Waals surface area contributed by atoms with Gasteiger partial charge in [0.25, 0.3) is 0 Å². The molecule has 0 radical (unpaired) electrons. The van der Waals surface area contributed by atoms with Crippen LogP contribution in [0.4, 0.5) is 8.78 Å². The summed E-state index contributed by atoms with van der Waals surface area (Å²) in [5.74, 6) is -1.01. The van der Waals surface area contributed by atoms with Crippen LogP contribution < -0.4 is 22.1 Å². The number of sulfonamides is 1. The van der Waals surface area contributed by atoms with E-state index in [0.717, 1.165) is 12.8 Å². The van der Waals surface area contributed by atoms with Crippen LogP contribution in [0.2, 0.25) is 0 Å². The number of hydrogen-bond acceptors (Lipinski definition) is 8. The third-order valence-corrected chi connectivity index (χ3v) is 12.0. The van der Waals surface area contributed by atoms with Crippen LogP contribution >= 0.6 is 0 Å². The Morgan fingerprint density at radius 1 is 1.16 bits per heavy atom. The first-order chi connectivity index (χ1) is 18.0. The molecule has 0 aromatic rings. The Labute approximate surface area is 224 Å². The van der Waals surface area contributed by atoms with E-state index >= 15 is 4.39 Å². The van der Waals surface area contributed by atoms with Crippen LogP contribution in [0.1, 0.15) is 45.4 Å². The van der Waals surface area contributed by atoms with Gasteiger partial charge in [-0.1, -0.05) is 6.92 Å². The molecular weight excluding hydrogens is 516 g/mol. The van der Waals surface area contributed by atoms with Crippen molar-refractivity contribution in [1.29, 1.82) is 0 Å². The number of likely N-dealkylation sites (tertiary alicyclic amines) is 1. The monoisotopic (exact) mass is 559 g/mol. The van der Waals surface area contributed by atoms with Crippen molar-refractivity contribution < 1.29 is 22.0 Å². The quantitative estimate of drug-likeness (QED) is 0.314. The van der Waals surface area contributed by atoms with Gasteiger partial charge in [0.15, 0.2) is 0 Å². The smallest absolute Gasteiger partial charge is 0.228 e. The standard InChI is InChI=1S/C25H43F2N7O3S/c1-25-10-15(25)9-16(26)12-31-19(11-25)21(23(28)29)24(35)32-20-14-30-13-18(27)22(20)33-7-3-17(4-8-33)38(36,37)34-5-2-6-34/h12,15-23,30H,2-11,13-14,28-29H2,1H3,(H,32,35). The van der Waals surface area contributed by atoms with E-state index in [1.165, 1.54) is 6.21 Å². The number of nitrogens with one attached hydrogen (secondary N) is 2. The minimum absolute atomic E-state index is 0.0835. The molecule has 216 valence electrons. The number of alkyl halides is 2. The molecule has 8 atom stereocenters. The second-order valence-corrected chi connectivity index (χ2v) is 14.5. The second kappa shape index (κ2) is 11.0. The van der Waals surface area contributed by atoms with Gasteiger partial charge >= 0.3 is 0 Å². The Morgan fingerprint density at radius 3 is 2.50 bits per heavy atom. The van der Waals surface area contributed by atoms with Gasteiger partial charge in [-0.15, -0.1) is 0 Å². The number of rotatable bonds is 7. The maximum absolute atomic E-state index is 15.3. The molecule has 4 heterocycles. The molecule has 3 saturated heterocycles. The molecule has 38 heavy (non-hydrogen) atoms. The predicted molar refractivity (Wildman–Crippen MR) is 141 cm³/mol. The van der Waals surface area contributed by atoms with Gasteiger partial charge in [0.2, 0.25) is 15.9 Å². The van der Waals surface area contributed by atoms with Crippen molar-refractivity contribution in [3.63, 3.8) is 0 Å². The second-order valence-electron chi connectivity index (χ2n) is 12.3. The molecule has 8 unspecified atom stereocenters. The van der Waals surface area contributed by atoms with E-state index in [4.69, 9.17) is 11.5 Å². The van der Waals surface area contributed by atoms with Gasteiger partial charge in [0.1, 0.15) is 12.3 Å². The van der Waals surface area contributed by atoms with Crippen molar-refractivity contribution in [2.24, 2.45) is 33.7 Å². The summed E-state index contributed by atoms with van der Waals surface area (Å²) in [6.45, 7) is 4.68. The highest BCUT2D eigenvalue weighted by Crippen LogP contribution is 2.59. The zero-order valence-corrected chi connectivity index (χ0v) is 23.0. The summed E-state index contributed by atoms with van der Waals surface area (Å²) in [4.78, 5) is 20.0. The molecule has 5 aliphatic rings. The van der Waals surface area contributed by atoms with Gasteiger partial charge in [-0.25, -0.2) is 21.5 Å². The molecule has 0 bridgehead atoms. The minimum atomic E-state index is -3.31. The lowest BCUT2D eigenvalue weighted by Gasteiger charge is -2.46. The third-order valence-electron chi connectivity index (χ3n) is 9.60. The maximum atomic E-state index is 15.3. The molecule has 4 fully saturated rings. The maximum Gasteiger partial charge on any atom is 0.228 e. The lowest BCUT2D eigenvalue weighted by Crippen LogP contribution is -2.67. The van der Waals surface area contributed by atoms with E-state index in [2.05, 4.69) is 22.5 Å². The van der Waals surface area contributed by atoms with Gasteiger partial charge in [0.05, 0.1) is 35.5 Å². The van der Waals surface area contributed by atoms with Crippen LogP contribution in [0.25, 0.3) is 0 Å². The number of aliphatic imine (C=N–C) groups is 1. The number of piperidine rings is 2. The van der Waals surface area contributed by atoms with Gasteiger partial charge in [-0.05, 0) is 62.9 Å². The van der Waals surface area contributed by atoms with Crippen molar-refractivity contribution in [2.75, 3.05) is 39.3 Å². The number of hydrogen-bond donors (Lipinski definition) is 4. The number of nitrogens with zero attached hydrogens (tertiary/aromatic N) is 3. The Morgan fingerprint density at radius 2 is 1.87 bits per heavy atom. The summed E-state index contributed by atoms with van der Waals surface area (Å²) in [5, 5.41) is 5.61. The van der Waals surface area contributed by atoms with Crippen molar-refractivity contribution in [3.8, 4) is 0 Å². The SMILES string of the molecule is CC12CC(C(C(=O)NC3CNCC(F)C3N3CCC(S(=O)(=O)N4CCC4)CC3)C(N)N)N=CC(F)CC1C2. The van der Waals surface area contributed by atoms with E-state index in [9.17, 15) is 17.6 Å². The van der Waals surface area contributed by atoms with Crippen molar-refractivity contribution in [1.82, 2.24) is 19.8 Å². The molecule has 1 saturated carbocycles. The van der Waals surface area contributed by atoms with Gasteiger partial charge in [-0.2, -0.15) is 0 Å². The van der Waals surface area contributed by atoms with Crippen LogP contribution in [0.3, 0.4) is 0 Å². The fourth-order valence-electron chi connectivity index (χ4n) is 7.01. The lowest BCUT2D eigenvalue weighted by molar-refractivity contribution is -0.128. The van der Waals surface area contributed by atoms with E-state index in [1.54, 1.807) is 4.31 Å². The predicted octanol–water partition coefficient (Wildman–Crippen LogP) is -0.262. The number of carbonyl (C=O) groups excluding carboxylic acids is 1. The van der Waals surface area contributed by atoms with Gasteiger partial charge in [0, 0.05) is 32.4 Å². The zero-order chi connectivity index (χ0) is 27.2. The summed E-state index contributed by atoms with van der Waals surface area (Å²) in [5.41, 5.74) is 12.1. The van der Waals surface area contributed by atoms with Crippen molar-refractivity contribution in [2.45, 2.75) is 87.3 Å². The van der Waals surface area contributed by atoms with E-state index < -0.39 is 63.7 Å². The number of amides is 1. The third kappa shape index (κ3) is 5.64. The Kier molecular flexibility index (Phi) is 8.16. The number of carbonyl (C=O) groups is 1. The molecule has 13 heteroatoms. The normalized spacial score (nSPS) is 40.1. The Bertz CT molecular complexity index is 1000. The summed E-state index contributed by atoms with van der Waals surface area (Å²) in [6, 6.07) is -1.70. The van der Waals surface area contributed by atoms with E-state index in [-0.39, 0.29) is 17.9 Å². The lowest BCUT2D eigenvalue weighted by atomic mass is 9.84. The fraction of sp³-hybridized carbons (Fsp3) is 0.920. The Hall–Kier alpha value is -1.25. The number of nitrogens with two attached hydrogens (primary N) is 2. The molecule has 6 N–H and O–H groups in total. The van der Waals surface area contributed by atoms with Crippen LogP contribution in [0, 0.1) is 17.3 Å². The summed E-state index contributed by atoms with van der Waals surface area (Å²) < 4.78 is 56.9. The zero-order valence-electron chi connectivity index (χ0n) is 22.1. The average Bonchev–Trinajstić information content (AvgIpc) is 3.42. The minimum Gasteiger partial charge on any atom is -0.350 e. The first kappa shape index (κ1) is 28.3. The molecule has 1 amide bonds. The van der Waals surface area contributed by atoms with Crippen molar-refractivity contribution in [3.05, 3.63) is 0 Å². The summed E-state index contributed by atoms with van der Waals surface area (Å²) in [6.07, 6.45) is 1.59. The summed E-state index contributed by atoms with van der Waals surface area (Å²) in [7, 11) is -3.31. The molecular formula is C25H43F2N7O3S. The molecule has 10 nitrogen and oxygen atoms in total. The topological polar surface area (TPSA) is 146 Å². The highest BCUT2D eigenvalue weighted by Gasteiger charge is 2.54. The van der Waals surface area contributed by atoms with E-state index in [1.807, 2.05) is 4.90 Å². The average molecular weight is 560 g/mol. The number of fused-ring (bicyclic) bond motifs is 1. The molecule has 0 aromatic carbocycles. The Balaban J connectivity index is 1.26. The first-order valence-corrected chi connectivity index (χ1v) is 15.6. The molecule has 0 aromatic heterocycles. The van der Waals surface area contributed by atoms with Crippen LogP contribution in [-0.2, 0) is 14.8 Å².